The van der Waals surface area contributed by atoms with Crippen LogP contribution in [0.25, 0.3) is 10.9 Å². The molecule has 2 N–H and O–H groups in total. The number of aryl methyl sites for hydroxylation is 1. The summed E-state index contributed by atoms with van der Waals surface area (Å²) in [5.74, 6) is 0.0397. The summed E-state index contributed by atoms with van der Waals surface area (Å²) < 4.78 is 24.7. The van der Waals surface area contributed by atoms with Gasteiger partial charge in [0.15, 0.2) is 9.84 Å². The highest BCUT2D eigenvalue weighted by atomic mass is 32.2. The first kappa shape index (κ1) is 14.9. The molecule has 5 heteroatoms. The molecule has 0 radical (unpaired) electrons. The van der Waals surface area contributed by atoms with Crippen molar-refractivity contribution < 1.29 is 8.42 Å². The molecular formula is C15H20N2O2S. The minimum atomic E-state index is -3.19. The lowest BCUT2D eigenvalue weighted by molar-refractivity contribution is 0.577. The van der Waals surface area contributed by atoms with E-state index in [1.54, 1.807) is 6.92 Å². The van der Waals surface area contributed by atoms with Crippen molar-refractivity contribution in [3.63, 3.8) is 0 Å². The van der Waals surface area contributed by atoms with Crippen LogP contribution in [-0.4, -0.2) is 25.2 Å². The van der Waals surface area contributed by atoms with Crippen molar-refractivity contribution in [2.24, 2.45) is 5.73 Å². The standard InChI is InChI=1S/C15H20N2O2S/c1-11-9-13(10-20(18,19)12(2)7-8-16)14-5-3-4-6-15(14)17-11/h3-6,9,12H,7-8,10,16H2,1-2H3. The van der Waals surface area contributed by atoms with Crippen LogP contribution < -0.4 is 5.73 Å². The molecule has 20 heavy (non-hydrogen) atoms. The fourth-order valence-corrected chi connectivity index (χ4v) is 3.74. The Kier molecular flexibility index (Phi) is 4.40. The average Bonchev–Trinajstić information content (AvgIpc) is 2.38. The molecule has 1 atom stereocenters. The van der Waals surface area contributed by atoms with Crippen molar-refractivity contribution in [3.8, 4) is 0 Å². The number of sulfone groups is 1. The minimum Gasteiger partial charge on any atom is -0.330 e. The van der Waals surface area contributed by atoms with Crippen LogP contribution in [0.2, 0.25) is 0 Å². The summed E-state index contributed by atoms with van der Waals surface area (Å²) in [6, 6.07) is 9.49. The van der Waals surface area contributed by atoms with Crippen LogP contribution in [0.3, 0.4) is 0 Å². The highest BCUT2D eigenvalue weighted by Crippen LogP contribution is 2.22. The Hall–Kier alpha value is -1.46. The van der Waals surface area contributed by atoms with Crippen LogP contribution in [-0.2, 0) is 15.6 Å². The second-order valence-corrected chi connectivity index (χ2v) is 7.55. The normalized spacial score (nSPS) is 13.6. The van der Waals surface area contributed by atoms with Crippen LogP contribution in [0.4, 0.5) is 0 Å². The maximum atomic E-state index is 12.4. The molecule has 1 unspecified atom stereocenters. The molecule has 0 fully saturated rings. The number of hydrogen-bond donors (Lipinski definition) is 1. The van der Waals surface area contributed by atoms with E-state index < -0.39 is 15.1 Å². The third kappa shape index (κ3) is 3.16. The molecule has 0 bridgehead atoms. The molecule has 4 nitrogen and oxygen atoms in total. The van der Waals surface area contributed by atoms with Crippen LogP contribution >= 0.6 is 0 Å². The van der Waals surface area contributed by atoms with Crippen molar-refractivity contribution in [1.82, 2.24) is 4.98 Å². The number of nitrogens with two attached hydrogens (primary N) is 1. The van der Waals surface area contributed by atoms with Gasteiger partial charge in [-0.3, -0.25) is 4.98 Å². The van der Waals surface area contributed by atoms with Gasteiger partial charge in [0.05, 0.1) is 16.5 Å². The molecule has 2 aromatic rings. The molecule has 2 rings (SSSR count). The van der Waals surface area contributed by atoms with E-state index in [4.69, 9.17) is 5.73 Å². The number of para-hydroxylation sites is 1. The number of nitrogens with zero attached hydrogens (tertiary/aromatic N) is 1. The summed E-state index contributed by atoms with van der Waals surface area (Å²) in [5.41, 5.74) is 7.95. The first-order chi connectivity index (χ1) is 9.44. The lowest BCUT2D eigenvalue weighted by Crippen LogP contribution is -2.23. The molecule has 1 aromatic heterocycles. The summed E-state index contributed by atoms with van der Waals surface area (Å²) in [7, 11) is -3.19. The van der Waals surface area contributed by atoms with Crippen molar-refractivity contribution in [2.75, 3.05) is 6.54 Å². The fourth-order valence-electron chi connectivity index (χ4n) is 2.29. The molecule has 0 aliphatic rings. The van der Waals surface area contributed by atoms with Gasteiger partial charge in [0.1, 0.15) is 0 Å². The summed E-state index contributed by atoms with van der Waals surface area (Å²) in [4.78, 5) is 4.43. The van der Waals surface area contributed by atoms with Crippen LogP contribution in [0, 0.1) is 6.92 Å². The van der Waals surface area contributed by atoms with Gasteiger partial charge in [-0.25, -0.2) is 8.42 Å². The fraction of sp³-hybridized carbons (Fsp3) is 0.400. The molecule has 0 amide bonds. The van der Waals surface area contributed by atoms with Gasteiger partial charge < -0.3 is 5.73 Å². The SMILES string of the molecule is Cc1cc(CS(=O)(=O)C(C)CCN)c2ccccc2n1. The summed E-state index contributed by atoms with van der Waals surface area (Å²) in [6.45, 7) is 3.99. The lowest BCUT2D eigenvalue weighted by atomic mass is 10.1. The molecule has 0 saturated heterocycles. The van der Waals surface area contributed by atoms with Crippen molar-refractivity contribution in [1.29, 1.82) is 0 Å². The van der Waals surface area contributed by atoms with Crippen LogP contribution in [0.1, 0.15) is 24.6 Å². The zero-order valence-electron chi connectivity index (χ0n) is 11.8. The third-order valence-electron chi connectivity index (χ3n) is 3.47. The Balaban J connectivity index is 2.44. The van der Waals surface area contributed by atoms with E-state index in [1.807, 2.05) is 37.3 Å². The maximum Gasteiger partial charge on any atom is 0.157 e. The number of benzene rings is 1. The molecule has 1 aromatic carbocycles. The highest BCUT2D eigenvalue weighted by molar-refractivity contribution is 7.91. The number of rotatable bonds is 5. The van der Waals surface area contributed by atoms with Gasteiger partial charge in [-0.15, -0.1) is 0 Å². The van der Waals surface area contributed by atoms with Crippen LogP contribution in [0.5, 0.6) is 0 Å². The molecule has 0 saturated carbocycles. The summed E-state index contributed by atoms with van der Waals surface area (Å²) in [6.07, 6.45) is 0.490. The van der Waals surface area contributed by atoms with E-state index in [2.05, 4.69) is 4.98 Å². The number of pyridine rings is 1. The Morgan fingerprint density at radius 1 is 1.30 bits per heavy atom. The number of hydrogen-bond acceptors (Lipinski definition) is 4. The Bertz CT molecular complexity index is 711. The lowest BCUT2D eigenvalue weighted by Gasteiger charge is -2.13. The molecule has 0 aliphatic carbocycles. The van der Waals surface area contributed by atoms with Gasteiger partial charge in [0.25, 0.3) is 0 Å². The van der Waals surface area contributed by atoms with Gasteiger partial charge in [-0.1, -0.05) is 18.2 Å². The van der Waals surface area contributed by atoms with Crippen molar-refractivity contribution >= 4 is 20.7 Å². The first-order valence-corrected chi connectivity index (χ1v) is 8.42. The number of fused-ring (bicyclic) bond motifs is 1. The Labute approximate surface area is 119 Å². The quantitative estimate of drug-likeness (QED) is 0.917. The Morgan fingerprint density at radius 3 is 2.70 bits per heavy atom. The predicted molar refractivity (Wildman–Crippen MR) is 82.2 cm³/mol. The summed E-state index contributed by atoms with van der Waals surface area (Å²) in [5, 5.41) is 0.487. The topological polar surface area (TPSA) is 73.0 Å². The smallest absolute Gasteiger partial charge is 0.157 e. The first-order valence-electron chi connectivity index (χ1n) is 6.71. The third-order valence-corrected chi connectivity index (χ3v) is 5.65. The van der Waals surface area contributed by atoms with E-state index in [0.717, 1.165) is 22.2 Å². The highest BCUT2D eigenvalue weighted by Gasteiger charge is 2.21. The van der Waals surface area contributed by atoms with E-state index in [0.29, 0.717) is 13.0 Å². The van der Waals surface area contributed by atoms with E-state index >= 15 is 0 Å². The Morgan fingerprint density at radius 2 is 2.00 bits per heavy atom. The van der Waals surface area contributed by atoms with Crippen LogP contribution in [0.15, 0.2) is 30.3 Å². The molecule has 1 heterocycles. The maximum absolute atomic E-state index is 12.4. The molecular weight excluding hydrogens is 272 g/mol. The van der Waals surface area contributed by atoms with Gasteiger partial charge >= 0.3 is 0 Å². The van der Waals surface area contributed by atoms with Crippen molar-refractivity contribution in [2.45, 2.75) is 31.3 Å². The molecule has 108 valence electrons. The van der Waals surface area contributed by atoms with Gasteiger partial charge in [-0.2, -0.15) is 0 Å². The van der Waals surface area contributed by atoms with E-state index in [9.17, 15) is 8.42 Å². The van der Waals surface area contributed by atoms with E-state index in [1.165, 1.54) is 0 Å². The largest absolute Gasteiger partial charge is 0.330 e. The summed E-state index contributed by atoms with van der Waals surface area (Å²) >= 11 is 0. The van der Waals surface area contributed by atoms with Gasteiger partial charge in [0.2, 0.25) is 0 Å². The average molecular weight is 292 g/mol. The number of aromatic nitrogens is 1. The van der Waals surface area contributed by atoms with Gasteiger partial charge in [0, 0.05) is 11.1 Å². The predicted octanol–water partition coefficient (Wildman–Crippen LogP) is 2.20. The molecule has 0 aliphatic heterocycles. The zero-order chi connectivity index (χ0) is 14.8. The zero-order valence-corrected chi connectivity index (χ0v) is 12.7. The monoisotopic (exact) mass is 292 g/mol. The molecule has 0 spiro atoms. The van der Waals surface area contributed by atoms with Gasteiger partial charge in [-0.05, 0) is 44.5 Å². The van der Waals surface area contributed by atoms with Crippen molar-refractivity contribution in [3.05, 3.63) is 41.6 Å². The second kappa shape index (κ2) is 5.89. The van der Waals surface area contributed by atoms with E-state index in [-0.39, 0.29) is 5.75 Å². The minimum absolute atomic E-state index is 0.0397. The second-order valence-electron chi connectivity index (χ2n) is 5.14.